The molecule has 29 heavy (non-hydrogen) atoms. The summed E-state index contributed by atoms with van der Waals surface area (Å²) in [6.07, 6.45) is 3.67. The minimum absolute atomic E-state index is 0.0766. The quantitative estimate of drug-likeness (QED) is 0.670. The van der Waals surface area contributed by atoms with Crippen LogP contribution in [0.1, 0.15) is 39.2 Å². The Balaban J connectivity index is 2.08. The van der Waals surface area contributed by atoms with Crippen LogP contribution in [-0.4, -0.2) is 25.8 Å². The summed E-state index contributed by atoms with van der Waals surface area (Å²) in [7, 11) is 0. The number of nitrogens with zero attached hydrogens (tertiary/aromatic N) is 3. The molecule has 1 N–H and O–H groups in total. The maximum atomic E-state index is 14.8. The number of aromatic nitrogens is 3. The summed E-state index contributed by atoms with van der Waals surface area (Å²) in [6, 6.07) is 2.73. The fourth-order valence-electron chi connectivity index (χ4n) is 3.08. The van der Waals surface area contributed by atoms with Crippen molar-refractivity contribution in [3.63, 3.8) is 0 Å². The van der Waals surface area contributed by atoms with Crippen molar-refractivity contribution in [2.24, 2.45) is 0 Å². The summed E-state index contributed by atoms with van der Waals surface area (Å²) in [5, 5.41) is 9.69. The average molecular weight is 405 g/mol. The third-order valence-electron chi connectivity index (χ3n) is 4.74. The molecule has 3 rings (SSSR count). The van der Waals surface area contributed by atoms with E-state index in [1.807, 2.05) is 6.92 Å². The van der Waals surface area contributed by atoms with Crippen LogP contribution in [0.15, 0.2) is 35.5 Å². The topological polar surface area (TPSA) is 68.0 Å². The van der Waals surface area contributed by atoms with Gasteiger partial charge in [0, 0.05) is 24.2 Å². The zero-order chi connectivity index (χ0) is 21.3. The molecule has 1 unspecified atom stereocenters. The monoisotopic (exact) mass is 405 g/mol. The van der Waals surface area contributed by atoms with Gasteiger partial charge in [0.1, 0.15) is 6.17 Å². The van der Waals surface area contributed by atoms with Crippen molar-refractivity contribution >= 4 is 10.8 Å². The second-order valence-electron chi connectivity index (χ2n) is 7.53. The van der Waals surface area contributed by atoms with Gasteiger partial charge in [-0.1, -0.05) is 13.3 Å². The molecule has 154 valence electrons. The molecule has 0 saturated carbocycles. The highest BCUT2D eigenvalue weighted by atomic mass is 19.2. The Hall–Kier alpha value is -2.74. The lowest BCUT2D eigenvalue weighted by atomic mass is 10.0. The maximum absolute atomic E-state index is 14.8. The smallest absolute Gasteiger partial charge is 0.261 e. The summed E-state index contributed by atoms with van der Waals surface area (Å²) >= 11 is 0. The van der Waals surface area contributed by atoms with Crippen molar-refractivity contribution in [1.29, 1.82) is 0 Å². The molecule has 2 aromatic heterocycles. The highest BCUT2D eigenvalue weighted by Gasteiger charge is 2.22. The maximum Gasteiger partial charge on any atom is 0.261 e. The van der Waals surface area contributed by atoms with Gasteiger partial charge in [-0.25, -0.2) is 23.1 Å². The third-order valence-corrected chi connectivity index (χ3v) is 4.74. The molecule has 2 heterocycles. The van der Waals surface area contributed by atoms with Gasteiger partial charge in [-0.3, -0.25) is 4.79 Å². The van der Waals surface area contributed by atoms with Gasteiger partial charge in [-0.2, -0.15) is 0 Å². The van der Waals surface area contributed by atoms with Crippen molar-refractivity contribution in [1.82, 2.24) is 14.5 Å². The van der Waals surface area contributed by atoms with E-state index < -0.39 is 34.4 Å². The average Bonchev–Trinajstić information content (AvgIpc) is 2.66. The molecule has 0 aliphatic rings. The molecule has 0 aliphatic carbocycles. The number of pyridine rings is 1. The number of hydrogen-bond donors (Lipinski definition) is 1. The van der Waals surface area contributed by atoms with E-state index in [1.165, 1.54) is 30.7 Å². The van der Waals surface area contributed by atoms with E-state index in [2.05, 4.69) is 9.97 Å². The van der Waals surface area contributed by atoms with Crippen LogP contribution in [0, 0.1) is 11.6 Å². The standard InChI is InChI=1S/C21H22F3N3O2/c1-4-5-14(22)11-27-7-6-12-8-15(17(23)18(24)16(12)20(27)28)19-25-9-13(10-26-19)21(2,3)29/h6-10,14,29H,4-5,11H2,1-3H3. The number of fused-ring (bicyclic) bond motifs is 1. The number of rotatable bonds is 6. The number of hydrogen-bond acceptors (Lipinski definition) is 4. The Labute approximate surface area is 165 Å². The van der Waals surface area contributed by atoms with E-state index in [1.54, 1.807) is 13.8 Å². The minimum atomic E-state index is -1.32. The number of halogens is 3. The molecule has 8 heteroatoms. The predicted molar refractivity (Wildman–Crippen MR) is 104 cm³/mol. The van der Waals surface area contributed by atoms with E-state index in [9.17, 15) is 23.1 Å². The molecule has 3 aromatic rings. The first kappa shape index (κ1) is 21.0. The van der Waals surface area contributed by atoms with E-state index in [4.69, 9.17) is 0 Å². The van der Waals surface area contributed by atoms with Crippen LogP contribution in [-0.2, 0) is 12.1 Å². The van der Waals surface area contributed by atoms with E-state index >= 15 is 0 Å². The zero-order valence-corrected chi connectivity index (χ0v) is 16.4. The van der Waals surface area contributed by atoms with Crippen LogP contribution in [0.2, 0.25) is 0 Å². The molecule has 0 bridgehead atoms. The zero-order valence-electron chi connectivity index (χ0n) is 16.4. The third kappa shape index (κ3) is 4.17. The van der Waals surface area contributed by atoms with Crippen molar-refractivity contribution in [2.45, 2.75) is 51.9 Å². The van der Waals surface area contributed by atoms with Gasteiger partial charge in [0.25, 0.3) is 5.56 Å². The Morgan fingerprint density at radius 1 is 1.21 bits per heavy atom. The first-order valence-corrected chi connectivity index (χ1v) is 9.34. The van der Waals surface area contributed by atoms with Crippen LogP contribution in [0.3, 0.4) is 0 Å². The van der Waals surface area contributed by atoms with Gasteiger partial charge in [-0.05, 0) is 37.8 Å². The van der Waals surface area contributed by atoms with Crippen LogP contribution in [0.25, 0.3) is 22.2 Å². The van der Waals surface area contributed by atoms with E-state index in [0.29, 0.717) is 12.0 Å². The Morgan fingerprint density at radius 2 is 1.86 bits per heavy atom. The Bertz CT molecular complexity index is 1090. The van der Waals surface area contributed by atoms with Crippen LogP contribution in [0.5, 0.6) is 0 Å². The van der Waals surface area contributed by atoms with Gasteiger partial charge in [0.05, 0.1) is 23.1 Å². The molecular formula is C21H22F3N3O2. The van der Waals surface area contributed by atoms with Crippen LogP contribution in [0.4, 0.5) is 13.2 Å². The molecule has 0 fully saturated rings. The van der Waals surface area contributed by atoms with Gasteiger partial charge in [0.15, 0.2) is 17.5 Å². The van der Waals surface area contributed by atoms with Gasteiger partial charge >= 0.3 is 0 Å². The first-order valence-electron chi connectivity index (χ1n) is 9.34. The molecule has 0 saturated heterocycles. The Morgan fingerprint density at radius 3 is 2.45 bits per heavy atom. The van der Waals surface area contributed by atoms with Crippen LogP contribution < -0.4 is 5.56 Å². The number of benzene rings is 1. The second-order valence-corrected chi connectivity index (χ2v) is 7.53. The summed E-state index contributed by atoms with van der Waals surface area (Å²) in [5.41, 5.74) is -1.76. The lowest BCUT2D eigenvalue weighted by molar-refractivity contribution is 0.0778. The Kier molecular flexibility index (Phi) is 5.75. The van der Waals surface area contributed by atoms with Gasteiger partial charge < -0.3 is 9.67 Å². The number of alkyl halides is 1. The molecule has 1 atom stereocenters. The minimum Gasteiger partial charge on any atom is -0.386 e. The summed E-state index contributed by atoms with van der Waals surface area (Å²) < 4.78 is 44.4. The highest BCUT2D eigenvalue weighted by Crippen LogP contribution is 2.28. The number of aliphatic hydroxyl groups is 1. The van der Waals surface area contributed by atoms with Crippen molar-refractivity contribution in [3.8, 4) is 11.4 Å². The van der Waals surface area contributed by atoms with Crippen molar-refractivity contribution in [3.05, 3.63) is 58.3 Å². The molecule has 0 spiro atoms. The molecular weight excluding hydrogens is 383 g/mol. The van der Waals surface area contributed by atoms with E-state index in [-0.39, 0.29) is 29.7 Å². The molecule has 0 aliphatic heterocycles. The van der Waals surface area contributed by atoms with Crippen molar-refractivity contribution in [2.75, 3.05) is 0 Å². The summed E-state index contributed by atoms with van der Waals surface area (Å²) in [5.74, 6) is -2.65. The van der Waals surface area contributed by atoms with Crippen molar-refractivity contribution < 1.29 is 18.3 Å². The van der Waals surface area contributed by atoms with E-state index in [0.717, 1.165) is 4.57 Å². The SMILES string of the molecule is CCCC(F)Cn1ccc2cc(-c3ncc(C(C)(C)O)cn3)c(F)c(F)c2c1=O. The fourth-order valence-corrected chi connectivity index (χ4v) is 3.08. The van der Waals surface area contributed by atoms with Gasteiger partial charge in [0.2, 0.25) is 0 Å². The van der Waals surface area contributed by atoms with Gasteiger partial charge in [-0.15, -0.1) is 0 Å². The predicted octanol–water partition coefficient (Wildman–Crippen LogP) is 4.10. The largest absolute Gasteiger partial charge is 0.386 e. The van der Waals surface area contributed by atoms with Crippen LogP contribution >= 0.6 is 0 Å². The molecule has 0 radical (unpaired) electrons. The molecule has 5 nitrogen and oxygen atoms in total. The lowest BCUT2D eigenvalue weighted by Gasteiger charge is -2.16. The molecule has 0 amide bonds. The second kappa shape index (κ2) is 7.94. The first-order chi connectivity index (χ1) is 13.6. The summed E-state index contributed by atoms with van der Waals surface area (Å²) in [4.78, 5) is 20.6. The highest BCUT2D eigenvalue weighted by molar-refractivity contribution is 5.86. The summed E-state index contributed by atoms with van der Waals surface area (Å²) in [6.45, 7) is 4.71. The lowest BCUT2D eigenvalue weighted by Crippen LogP contribution is -2.25. The fraction of sp³-hybridized carbons (Fsp3) is 0.381. The molecule has 1 aromatic carbocycles. The normalized spacial score (nSPS) is 13.1.